The Morgan fingerprint density at radius 1 is 1.23 bits per heavy atom. The number of esters is 1. The van der Waals surface area contributed by atoms with Crippen LogP contribution >= 0.6 is 11.8 Å². The molecule has 3 aliphatic rings. The molecule has 5 atom stereocenters. The van der Waals surface area contributed by atoms with Gasteiger partial charge in [-0.25, -0.2) is 0 Å². The number of aliphatic hydroxyl groups is 1. The van der Waals surface area contributed by atoms with Crippen LogP contribution in [0.15, 0.2) is 40.3 Å². The van der Waals surface area contributed by atoms with Crippen LogP contribution in [0.25, 0.3) is 0 Å². The predicted octanol–water partition coefficient (Wildman–Crippen LogP) is 4.52. The van der Waals surface area contributed by atoms with Gasteiger partial charge in [-0.3, -0.25) is 4.79 Å². The van der Waals surface area contributed by atoms with Gasteiger partial charge in [-0.1, -0.05) is 28.8 Å². The number of ether oxygens (including phenoxy) is 1. The molecule has 0 bridgehead atoms. The molecule has 0 unspecified atom stereocenters. The first-order valence-corrected chi connectivity index (χ1v) is 10.7. The van der Waals surface area contributed by atoms with E-state index in [1.165, 1.54) is 21.6 Å². The molecule has 0 aromatic heterocycles. The van der Waals surface area contributed by atoms with Gasteiger partial charge in [0.2, 0.25) is 0 Å². The molecular weight excluding hydrogens is 344 g/mol. The van der Waals surface area contributed by atoms with Gasteiger partial charge >= 0.3 is 5.97 Å². The Kier molecular flexibility index (Phi) is 4.68. The fraction of sp³-hybridized carbons (Fsp3) is 0.591. The summed E-state index contributed by atoms with van der Waals surface area (Å²) < 4.78 is 5.92. The molecule has 0 amide bonds. The largest absolute Gasteiger partial charge is 0.461 e. The van der Waals surface area contributed by atoms with E-state index < -0.39 is 5.60 Å². The lowest BCUT2D eigenvalue weighted by Crippen LogP contribution is -2.41. The second-order valence-corrected chi connectivity index (χ2v) is 9.57. The second kappa shape index (κ2) is 6.72. The van der Waals surface area contributed by atoms with Crippen molar-refractivity contribution in [1.82, 2.24) is 0 Å². The van der Waals surface area contributed by atoms with Crippen molar-refractivity contribution >= 4 is 17.7 Å². The molecule has 26 heavy (non-hydrogen) atoms. The molecule has 1 N–H and O–H groups in total. The van der Waals surface area contributed by atoms with Gasteiger partial charge in [0.15, 0.2) is 0 Å². The fourth-order valence-electron chi connectivity index (χ4n) is 5.05. The summed E-state index contributed by atoms with van der Waals surface area (Å²) in [7, 11) is 0. The van der Waals surface area contributed by atoms with Crippen LogP contribution in [0, 0.1) is 24.7 Å². The average molecular weight is 373 g/mol. The Labute approximate surface area is 160 Å². The Balaban J connectivity index is 1.54. The molecule has 4 heteroatoms. The summed E-state index contributed by atoms with van der Waals surface area (Å²) in [5, 5.41) is 11.0. The molecule has 1 aromatic rings. The number of carbonyl (C=O) groups excluding carboxylic acids is 1. The van der Waals surface area contributed by atoms with E-state index in [-0.39, 0.29) is 29.8 Å². The maximum absolute atomic E-state index is 12.7. The van der Waals surface area contributed by atoms with Crippen molar-refractivity contribution in [1.29, 1.82) is 0 Å². The van der Waals surface area contributed by atoms with Crippen molar-refractivity contribution < 1.29 is 14.6 Å². The quantitative estimate of drug-likeness (QED) is 0.481. The van der Waals surface area contributed by atoms with Gasteiger partial charge in [-0.15, -0.1) is 11.8 Å². The number of thioether (sulfide) groups is 1. The van der Waals surface area contributed by atoms with Crippen LogP contribution in [0.3, 0.4) is 0 Å². The highest BCUT2D eigenvalue weighted by Crippen LogP contribution is 2.53. The van der Waals surface area contributed by atoms with Crippen molar-refractivity contribution in [3.63, 3.8) is 0 Å². The van der Waals surface area contributed by atoms with Crippen molar-refractivity contribution in [2.75, 3.05) is 5.75 Å². The van der Waals surface area contributed by atoms with Crippen LogP contribution in [0.4, 0.5) is 0 Å². The highest BCUT2D eigenvalue weighted by atomic mass is 32.2. The molecule has 1 heterocycles. The van der Waals surface area contributed by atoms with Crippen LogP contribution in [-0.4, -0.2) is 28.5 Å². The van der Waals surface area contributed by atoms with Gasteiger partial charge < -0.3 is 9.84 Å². The van der Waals surface area contributed by atoms with Gasteiger partial charge in [0.1, 0.15) is 6.10 Å². The molecule has 2 aliphatic carbocycles. The Morgan fingerprint density at radius 2 is 1.96 bits per heavy atom. The first-order chi connectivity index (χ1) is 12.4. The summed E-state index contributed by atoms with van der Waals surface area (Å²) in [5.41, 5.74) is 3.24. The maximum atomic E-state index is 12.7. The van der Waals surface area contributed by atoms with Crippen LogP contribution in [0.2, 0.25) is 0 Å². The van der Waals surface area contributed by atoms with Crippen molar-refractivity contribution in [3.05, 3.63) is 41.0 Å². The molecule has 140 valence electrons. The van der Waals surface area contributed by atoms with Gasteiger partial charge in [0.05, 0.1) is 11.5 Å². The summed E-state index contributed by atoms with van der Waals surface area (Å²) in [4.78, 5) is 13.9. The minimum Gasteiger partial charge on any atom is -0.461 e. The van der Waals surface area contributed by atoms with E-state index in [0.717, 1.165) is 31.4 Å². The van der Waals surface area contributed by atoms with E-state index in [0.29, 0.717) is 0 Å². The molecule has 0 radical (unpaired) electrons. The van der Waals surface area contributed by atoms with Crippen LogP contribution in [0.5, 0.6) is 0 Å². The minimum atomic E-state index is -0.761. The highest BCUT2D eigenvalue weighted by Gasteiger charge is 2.56. The number of allylic oxidation sites excluding steroid dienone is 1. The third-order valence-corrected chi connectivity index (χ3v) is 7.75. The molecule has 1 saturated heterocycles. The van der Waals surface area contributed by atoms with Crippen LogP contribution in [0.1, 0.15) is 45.1 Å². The summed E-state index contributed by atoms with van der Waals surface area (Å²) >= 11 is 1.74. The van der Waals surface area contributed by atoms with Crippen molar-refractivity contribution in [2.24, 2.45) is 17.8 Å². The van der Waals surface area contributed by atoms with Gasteiger partial charge in [-0.05, 0) is 58.6 Å². The first-order valence-electron chi connectivity index (χ1n) is 9.67. The molecule has 1 saturated carbocycles. The van der Waals surface area contributed by atoms with Crippen molar-refractivity contribution in [3.8, 4) is 0 Å². The second-order valence-electron chi connectivity index (χ2n) is 8.47. The molecular formula is C22H28O3S. The smallest absolute Gasteiger partial charge is 0.310 e. The minimum absolute atomic E-state index is 0.0201. The monoisotopic (exact) mass is 372 g/mol. The van der Waals surface area contributed by atoms with E-state index >= 15 is 0 Å². The third-order valence-electron chi connectivity index (χ3n) is 6.62. The first kappa shape index (κ1) is 18.1. The maximum Gasteiger partial charge on any atom is 0.310 e. The van der Waals surface area contributed by atoms with E-state index in [1.807, 2.05) is 6.92 Å². The zero-order valence-electron chi connectivity index (χ0n) is 15.8. The fourth-order valence-corrected chi connectivity index (χ4v) is 6.14. The number of hydrogen-bond donors (Lipinski definition) is 1. The number of rotatable bonds is 3. The van der Waals surface area contributed by atoms with Crippen LogP contribution in [-0.2, 0) is 9.53 Å². The molecule has 0 spiro atoms. The van der Waals surface area contributed by atoms with Crippen LogP contribution < -0.4 is 0 Å². The number of benzene rings is 1. The standard InChI is InChI=1S/C22H28O3S/c1-13-4-7-15(8-5-13)26-12-18-17-9-6-14(2)16-10-11-22(3,24)19(16)20(17)25-21(18)23/h4-5,7-8,17-20,24H,6,9-12H2,1-3H3/t17-,18-,19-,20-,22+/m0/s1. The molecule has 3 nitrogen and oxygen atoms in total. The Bertz CT molecular complexity index is 734. The normalized spacial score (nSPS) is 36.5. The zero-order chi connectivity index (χ0) is 18.5. The summed E-state index contributed by atoms with van der Waals surface area (Å²) in [6.45, 7) is 6.20. The van der Waals surface area contributed by atoms with E-state index in [1.54, 1.807) is 11.8 Å². The SMILES string of the molecule is CC1=C2CC[C@@](C)(O)[C@@H]2[C@H]2OC(=O)[C@@H](CSc3ccc(C)cc3)[C@@H]2CC1. The van der Waals surface area contributed by atoms with Gasteiger partial charge in [0, 0.05) is 22.5 Å². The number of hydrogen-bond acceptors (Lipinski definition) is 4. The third kappa shape index (κ3) is 3.11. The van der Waals surface area contributed by atoms with E-state index in [9.17, 15) is 9.90 Å². The lowest BCUT2D eigenvalue weighted by molar-refractivity contribution is -0.147. The molecule has 1 aromatic carbocycles. The van der Waals surface area contributed by atoms with Gasteiger partial charge in [0.25, 0.3) is 0 Å². The lowest BCUT2D eigenvalue weighted by Gasteiger charge is -2.32. The summed E-state index contributed by atoms with van der Waals surface area (Å²) in [6, 6.07) is 8.46. The zero-order valence-corrected chi connectivity index (χ0v) is 16.6. The Hall–Kier alpha value is -1.26. The van der Waals surface area contributed by atoms with Crippen molar-refractivity contribution in [2.45, 2.75) is 63.1 Å². The molecule has 4 rings (SSSR count). The van der Waals surface area contributed by atoms with Gasteiger partial charge in [-0.2, -0.15) is 0 Å². The molecule has 2 fully saturated rings. The number of fused-ring (bicyclic) bond motifs is 3. The van der Waals surface area contributed by atoms with E-state index in [2.05, 4.69) is 38.1 Å². The highest BCUT2D eigenvalue weighted by molar-refractivity contribution is 7.99. The Morgan fingerprint density at radius 3 is 2.69 bits per heavy atom. The summed E-state index contributed by atoms with van der Waals surface area (Å²) in [5.74, 6) is 0.804. The number of carbonyl (C=O) groups is 1. The molecule has 1 aliphatic heterocycles. The topological polar surface area (TPSA) is 46.5 Å². The summed E-state index contributed by atoms with van der Waals surface area (Å²) in [6.07, 6.45) is 3.56. The average Bonchev–Trinajstić information content (AvgIpc) is 3.02. The predicted molar refractivity (Wildman–Crippen MR) is 104 cm³/mol. The van der Waals surface area contributed by atoms with E-state index in [4.69, 9.17) is 4.74 Å². The lowest BCUT2D eigenvalue weighted by atomic mass is 9.78. The number of aryl methyl sites for hydroxylation is 1.